The molecule has 10 heteroatoms. The van der Waals surface area contributed by atoms with Crippen LogP contribution in [-0.4, -0.2) is 52.2 Å². The summed E-state index contributed by atoms with van der Waals surface area (Å²) < 4.78 is 29.4. The summed E-state index contributed by atoms with van der Waals surface area (Å²) in [4.78, 5) is 31.8. The number of urea groups is 1. The van der Waals surface area contributed by atoms with E-state index < -0.39 is 16.1 Å². The van der Waals surface area contributed by atoms with Crippen LogP contribution in [0.1, 0.15) is 54.4 Å². The number of hydrogen-bond donors (Lipinski definition) is 1. The maximum Gasteiger partial charge on any atom is 0.336 e. The molecule has 2 aliphatic rings. The van der Waals surface area contributed by atoms with E-state index in [4.69, 9.17) is 0 Å². The van der Waals surface area contributed by atoms with Gasteiger partial charge in [0.05, 0.1) is 18.6 Å². The van der Waals surface area contributed by atoms with E-state index in [9.17, 15) is 18.0 Å². The van der Waals surface area contributed by atoms with Crippen molar-refractivity contribution in [3.8, 4) is 5.69 Å². The minimum absolute atomic E-state index is 0.00799. The van der Waals surface area contributed by atoms with Crippen LogP contribution >= 0.6 is 0 Å². The van der Waals surface area contributed by atoms with E-state index in [1.54, 1.807) is 59.7 Å². The van der Waals surface area contributed by atoms with E-state index in [1.807, 2.05) is 11.9 Å². The third-order valence-corrected chi connectivity index (χ3v) is 8.77. The first-order chi connectivity index (χ1) is 17.3. The maximum atomic E-state index is 13.5. The fourth-order valence-electron chi connectivity index (χ4n) is 4.95. The highest BCUT2D eigenvalue weighted by Crippen LogP contribution is 2.33. The molecule has 0 spiro atoms. The number of amides is 3. The molecule has 1 aromatic heterocycles. The van der Waals surface area contributed by atoms with Crippen LogP contribution in [0.2, 0.25) is 0 Å². The molecule has 0 unspecified atom stereocenters. The minimum atomic E-state index is -4.12. The van der Waals surface area contributed by atoms with Crippen molar-refractivity contribution in [1.82, 2.24) is 18.8 Å². The highest BCUT2D eigenvalue weighted by Gasteiger charge is 2.37. The summed E-state index contributed by atoms with van der Waals surface area (Å²) in [5, 5.41) is 2.67. The van der Waals surface area contributed by atoms with Crippen molar-refractivity contribution in [1.29, 1.82) is 0 Å². The largest absolute Gasteiger partial charge is 0.339 e. The van der Waals surface area contributed by atoms with E-state index in [-0.39, 0.29) is 29.1 Å². The normalized spacial score (nSPS) is 17.7. The number of rotatable bonds is 5. The molecule has 1 N–H and O–H groups in total. The van der Waals surface area contributed by atoms with E-state index in [2.05, 4.69) is 10.3 Å². The molecule has 188 valence electrons. The molecule has 1 saturated carbocycles. The lowest BCUT2D eigenvalue weighted by Gasteiger charge is -2.29. The summed E-state index contributed by atoms with van der Waals surface area (Å²) in [6.07, 6.45) is 11.5. The summed E-state index contributed by atoms with van der Waals surface area (Å²) in [7, 11) is -2.29. The molecule has 0 atom stereocenters. The van der Waals surface area contributed by atoms with Crippen molar-refractivity contribution in [3.05, 3.63) is 72.3 Å². The van der Waals surface area contributed by atoms with Gasteiger partial charge < -0.3 is 14.8 Å². The van der Waals surface area contributed by atoms with Gasteiger partial charge in [-0.2, -0.15) is 0 Å². The van der Waals surface area contributed by atoms with Gasteiger partial charge in [0.15, 0.2) is 0 Å². The topological polar surface area (TPSA) is 105 Å². The second-order valence-electron chi connectivity index (χ2n) is 9.35. The number of nitrogens with zero attached hydrogens (tertiary/aromatic N) is 4. The van der Waals surface area contributed by atoms with Crippen molar-refractivity contribution in [3.63, 3.8) is 0 Å². The van der Waals surface area contributed by atoms with E-state index >= 15 is 0 Å². The number of nitrogens with one attached hydrogen (secondary N) is 1. The second kappa shape index (κ2) is 9.77. The predicted octanol–water partition coefficient (Wildman–Crippen LogP) is 4.40. The Balaban J connectivity index is 1.39. The molecule has 5 rings (SSSR count). The molecule has 0 bridgehead atoms. The average Bonchev–Trinajstić information content (AvgIpc) is 3.28. The van der Waals surface area contributed by atoms with Crippen molar-refractivity contribution < 1.29 is 18.0 Å². The number of hydrogen-bond acceptors (Lipinski definition) is 5. The van der Waals surface area contributed by atoms with Gasteiger partial charge in [0.1, 0.15) is 4.90 Å². The number of fused-ring (bicyclic) bond motifs is 1. The zero-order valence-electron chi connectivity index (χ0n) is 20.1. The molecule has 0 radical (unpaired) electrons. The van der Waals surface area contributed by atoms with Crippen LogP contribution in [-0.2, 0) is 16.6 Å². The Labute approximate surface area is 210 Å². The van der Waals surface area contributed by atoms with Gasteiger partial charge in [-0.3, -0.25) is 4.79 Å². The van der Waals surface area contributed by atoms with Gasteiger partial charge in [-0.15, -0.1) is 0 Å². The summed E-state index contributed by atoms with van der Waals surface area (Å²) in [5.74, 6) is -0.0926. The Kier molecular flexibility index (Phi) is 6.53. The third-order valence-electron chi connectivity index (χ3n) is 7.00. The van der Waals surface area contributed by atoms with Crippen molar-refractivity contribution >= 4 is 27.6 Å². The van der Waals surface area contributed by atoms with Crippen molar-refractivity contribution in [2.75, 3.05) is 12.4 Å². The quantitative estimate of drug-likeness (QED) is 0.516. The summed E-state index contributed by atoms with van der Waals surface area (Å²) in [6.45, 7) is -0.183. The third kappa shape index (κ3) is 4.60. The lowest BCUT2D eigenvalue weighted by atomic mass is 10.1. The van der Waals surface area contributed by atoms with Gasteiger partial charge in [0, 0.05) is 36.7 Å². The SMILES string of the molecule is CN(C(=O)c1cccc(CN2C(=O)Nc3ccc(-n4ccnc4)cc3S2(=O)=O)c1)C1CCCCCC1. The zero-order valence-corrected chi connectivity index (χ0v) is 20.9. The van der Waals surface area contributed by atoms with E-state index in [1.165, 1.54) is 18.9 Å². The Hall–Kier alpha value is -3.66. The van der Waals surface area contributed by atoms with Crippen LogP contribution in [0, 0.1) is 0 Å². The van der Waals surface area contributed by atoms with Crippen LogP contribution in [0.25, 0.3) is 5.69 Å². The molecule has 3 amide bonds. The number of sulfonamides is 1. The Morgan fingerprint density at radius 1 is 1.11 bits per heavy atom. The van der Waals surface area contributed by atoms with E-state index in [0.29, 0.717) is 16.8 Å². The molecule has 2 heterocycles. The molecular weight excluding hydrogens is 478 g/mol. The Morgan fingerprint density at radius 3 is 2.61 bits per heavy atom. The number of aromatic nitrogens is 2. The van der Waals surface area contributed by atoms with Crippen LogP contribution in [0.5, 0.6) is 0 Å². The van der Waals surface area contributed by atoms with Crippen molar-refractivity contribution in [2.24, 2.45) is 0 Å². The molecule has 9 nitrogen and oxygen atoms in total. The van der Waals surface area contributed by atoms with Gasteiger partial charge in [0.25, 0.3) is 15.9 Å². The molecular formula is C26H29N5O4S. The minimum Gasteiger partial charge on any atom is -0.339 e. The van der Waals surface area contributed by atoms with Crippen LogP contribution in [0.15, 0.2) is 66.1 Å². The molecule has 3 aromatic rings. The number of carbonyl (C=O) groups is 2. The van der Waals surface area contributed by atoms with Crippen LogP contribution < -0.4 is 5.32 Å². The Bertz CT molecular complexity index is 1380. The highest BCUT2D eigenvalue weighted by molar-refractivity contribution is 7.90. The number of anilines is 1. The average molecular weight is 508 g/mol. The molecule has 0 saturated heterocycles. The molecule has 2 aromatic carbocycles. The first-order valence-corrected chi connectivity index (χ1v) is 13.6. The maximum absolute atomic E-state index is 13.5. The number of benzene rings is 2. The zero-order chi connectivity index (χ0) is 25.3. The summed E-state index contributed by atoms with van der Waals surface area (Å²) in [5.41, 5.74) is 1.88. The van der Waals surface area contributed by atoms with Gasteiger partial charge in [-0.1, -0.05) is 37.8 Å². The van der Waals surface area contributed by atoms with Crippen LogP contribution in [0.4, 0.5) is 10.5 Å². The fraction of sp³-hybridized carbons (Fsp3) is 0.346. The van der Waals surface area contributed by atoms with Crippen LogP contribution in [0.3, 0.4) is 0 Å². The smallest absolute Gasteiger partial charge is 0.336 e. The predicted molar refractivity (Wildman–Crippen MR) is 135 cm³/mol. The first-order valence-electron chi connectivity index (χ1n) is 12.2. The summed E-state index contributed by atoms with van der Waals surface area (Å²) in [6, 6.07) is 11.1. The second-order valence-corrected chi connectivity index (χ2v) is 11.2. The number of imidazole rings is 1. The lowest BCUT2D eigenvalue weighted by Crippen LogP contribution is -2.43. The summed E-state index contributed by atoms with van der Waals surface area (Å²) >= 11 is 0. The van der Waals surface area contributed by atoms with Gasteiger partial charge >= 0.3 is 6.03 Å². The molecule has 36 heavy (non-hydrogen) atoms. The van der Waals surface area contributed by atoms with Gasteiger partial charge in [-0.05, 0) is 48.7 Å². The van der Waals surface area contributed by atoms with Crippen molar-refractivity contribution in [2.45, 2.75) is 56.0 Å². The van der Waals surface area contributed by atoms with Gasteiger partial charge in [0.2, 0.25) is 0 Å². The molecule has 1 fully saturated rings. The monoisotopic (exact) mass is 507 g/mol. The fourth-order valence-corrected chi connectivity index (χ4v) is 6.43. The first kappa shape index (κ1) is 24.1. The Morgan fingerprint density at radius 2 is 1.89 bits per heavy atom. The molecule has 1 aliphatic carbocycles. The highest BCUT2D eigenvalue weighted by atomic mass is 32.2. The molecule has 1 aliphatic heterocycles. The number of carbonyl (C=O) groups excluding carboxylic acids is 2. The standard InChI is InChI=1S/C26H29N5O4S/c1-29(21-9-4-2-3-5-10-21)25(32)20-8-6-7-19(15-20)17-31-26(33)28-23-12-11-22(30-14-13-27-18-30)16-24(23)36(31,34)35/h6-8,11-16,18,21H,2-5,9-10,17H2,1H3,(H,28,33). The lowest BCUT2D eigenvalue weighted by molar-refractivity contribution is 0.0717. The van der Waals surface area contributed by atoms with Gasteiger partial charge in [-0.25, -0.2) is 22.5 Å². The van der Waals surface area contributed by atoms with E-state index in [0.717, 1.165) is 30.0 Å².